The number of carbonyl (C=O) groups excluding carboxylic acids is 4. The molecule has 162 valence electrons. The monoisotopic (exact) mass is 414 g/mol. The van der Waals surface area contributed by atoms with Crippen molar-refractivity contribution in [2.75, 3.05) is 11.9 Å². The smallest absolute Gasteiger partial charge is 0.325 e. The molecule has 1 aliphatic carbocycles. The van der Waals surface area contributed by atoms with Crippen LogP contribution in [0.5, 0.6) is 0 Å². The first kappa shape index (κ1) is 21.8. The third-order valence-corrected chi connectivity index (χ3v) is 5.88. The second kappa shape index (κ2) is 9.28. The minimum absolute atomic E-state index is 0.0303. The molecule has 0 unspecified atom stereocenters. The summed E-state index contributed by atoms with van der Waals surface area (Å²) in [5.74, 6) is -0.164. The molecule has 3 rings (SSSR count). The Kier molecular flexibility index (Phi) is 6.74. The number of carbonyl (C=O) groups is 4. The maximum Gasteiger partial charge on any atom is 0.325 e. The highest BCUT2D eigenvalue weighted by molar-refractivity contribution is 6.09. The molecule has 3 N–H and O–H groups in total. The van der Waals surface area contributed by atoms with Gasteiger partial charge in [-0.2, -0.15) is 0 Å². The number of urea groups is 1. The normalized spacial score (nSPS) is 23.4. The predicted molar refractivity (Wildman–Crippen MR) is 112 cm³/mol. The number of anilines is 1. The van der Waals surface area contributed by atoms with Gasteiger partial charge in [0.2, 0.25) is 11.8 Å². The Morgan fingerprint density at radius 1 is 1.13 bits per heavy atom. The molecule has 1 aromatic carbocycles. The van der Waals surface area contributed by atoms with Crippen molar-refractivity contribution in [3.8, 4) is 0 Å². The fourth-order valence-corrected chi connectivity index (χ4v) is 3.97. The Morgan fingerprint density at radius 3 is 2.43 bits per heavy atom. The molecular formula is C22H30N4O4. The van der Waals surface area contributed by atoms with Crippen LogP contribution in [0, 0.1) is 5.92 Å². The highest BCUT2D eigenvalue weighted by Crippen LogP contribution is 2.36. The third-order valence-electron chi connectivity index (χ3n) is 5.88. The molecule has 0 bridgehead atoms. The van der Waals surface area contributed by atoms with Crippen LogP contribution in [0.25, 0.3) is 0 Å². The lowest BCUT2D eigenvalue weighted by molar-refractivity contribution is -0.136. The molecule has 0 aromatic heterocycles. The first-order valence-electron chi connectivity index (χ1n) is 10.6. The average molecular weight is 415 g/mol. The molecule has 1 saturated heterocycles. The minimum Gasteiger partial charge on any atom is -0.350 e. The van der Waals surface area contributed by atoms with Crippen molar-refractivity contribution in [1.29, 1.82) is 0 Å². The van der Waals surface area contributed by atoms with Gasteiger partial charge in [0.25, 0.3) is 5.91 Å². The molecule has 8 nitrogen and oxygen atoms in total. The number of hydrogen-bond donors (Lipinski definition) is 3. The Hall–Kier alpha value is -2.90. The third kappa shape index (κ3) is 4.98. The Morgan fingerprint density at radius 2 is 1.80 bits per heavy atom. The largest absolute Gasteiger partial charge is 0.350 e. The van der Waals surface area contributed by atoms with E-state index in [9.17, 15) is 19.2 Å². The molecule has 8 heteroatoms. The van der Waals surface area contributed by atoms with Gasteiger partial charge in [-0.3, -0.25) is 19.3 Å². The van der Waals surface area contributed by atoms with Gasteiger partial charge in [-0.15, -0.1) is 0 Å². The summed E-state index contributed by atoms with van der Waals surface area (Å²) >= 11 is 0. The van der Waals surface area contributed by atoms with Crippen LogP contribution >= 0.6 is 0 Å². The van der Waals surface area contributed by atoms with Crippen molar-refractivity contribution >= 4 is 29.4 Å². The number of nitrogens with zero attached hydrogens (tertiary/aromatic N) is 1. The molecule has 0 radical (unpaired) electrons. The van der Waals surface area contributed by atoms with Gasteiger partial charge >= 0.3 is 6.03 Å². The lowest BCUT2D eigenvalue weighted by Crippen LogP contribution is -2.49. The molecule has 1 aliphatic heterocycles. The van der Waals surface area contributed by atoms with E-state index in [0.29, 0.717) is 30.9 Å². The molecular weight excluding hydrogens is 384 g/mol. The topological polar surface area (TPSA) is 108 Å². The van der Waals surface area contributed by atoms with Gasteiger partial charge in [0, 0.05) is 18.7 Å². The lowest BCUT2D eigenvalue weighted by Gasteiger charge is -2.33. The van der Waals surface area contributed by atoms with E-state index in [0.717, 1.165) is 29.7 Å². The molecule has 2 aliphatic rings. The lowest BCUT2D eigenvalue weighted by atomic mass is 9.77. The Labute approximate surface area is 176 Å². The second-order valence-electron chi connectivity index (χ2n) is 8.36. The van der Waals surface area contributed by atoms with Crippen LogP contribution in [0.3, 0.4) is 0 Å². The van der Waals surface area contributed by atoms with Crippen molar-refractivity contribution < 1.29 is 19.2 Å². The summed E-state index contributed by atoms with van der Waals surface area (Å²) in [6.45, 7) is 4.08. The summed E-state index contributed by atoms with van der Waals surface area (Å²) in [4.78, 5) is 50.1. The van der Waals surface area contributed by atoms with Gasteiger partial charge in [-0.1, -0.05) is 26.0 Å². The van der Waals surface area contributed by atoms with Gasteiger partial charge in [0.1, 0.15) is 12.1 Å². The number of nitrogens with one attached hydrogen (secondary N) is 3. The van der Waals surface area contributed by atoms with Crippen LogP contribution in [-0.4, -0.2) is 40.7 Å². The highest BCUT2D eigenvalue weighted by atomic mass is 16.2. The molecule has 1 saturated carbocycles. The van der Waals surface area contributed by atoms with E-state index < -0.39 is 11.6 Å². The van der Waals surface area contributed by atoms with Crippen LogP contribution < -0.4 is 16.0 Å². The van der Waals surface area contributed by atoms with Crippen molar-refractivity contribution in [3.05, 3.63) is 29.8 Å². The summed E-state index contributed by atoms with van der Waals surface area (Å²) in [7, 11) is 0. The van der Waals surface area contributed by atoms with Gasteiger partial charge in [0.05, 0.1) is 0 Å². The van der Waals surface area contributed by atoms with Crippen LogP contribution in [0.2, 0.25) is 0 Å². The van der Waals surface area contributed by atoms with E-state index >= 15 is 0 Å². The van der Waals surface area contributed by atoms with E-state index in [1.165, 1.54) is 0 Å². The number of amides is 5. The highest BCUT2D eigenvalue weighted by Gasteiger charge is 2.52. The van der Waals surface area contributed by atoms with Crippen LogP contribution in [-0.2, 0) is 20.9 Å². The standard InChI is InChI=1S/C22H30N4O4/c1-3-4-18(27)24-17-7-5-16(6-8-17)13-23-19(28)14-26-20(29)22(25-21(26)30)11-9-15(2)10-12-22/h5-8,15H,3-4,9-14H2,1-2H3,(H,23,28)(H,24,27)(H,25,30). The number of hydrogen-bond acceptors (Lipinski definition) is 4. The van der Waals surface area contributed by atoms with Crippen LogP contribution in [0.4, 0.5) is 10.5 Å². The summed E-state index contributed by atoms with van der Waals surface area (Å²) in [6.07, 6.45) is 4.28. The molecule has 1 spiro atoms. The maximum atomic E-state index is 12.8. The van der Waals surface area contributed by atoms with E-state index in [1.54, 1.807) is 12.1 Å². The Balaban J connectivity index is 1.49. The summed E-state index contributed by atoms with van der Waals surface area (Å²) in [5.41, 5.74) is 0.726. The minimum atomic E-state index is -0.831. The second-order valence-corrected chi connectivity index (χ2v) is 8.36. The summed E-state index contributed by atoms with van der Waals surface area (Å²) in [5, 5.41) is 8.38. The van der Waals surface area contributed by atoms with Crippen molar-refractivity contribution in [2.45, 2.75) is 64.5 Å². The molecule has 5 amide bonds. The number of benzene rings is 1. The molecule has 1 heterocycles. The first-order chi connectivity index (χ1) is 14.3. The van der Waals surface area contributed by atoms with Crippen molar-refractivity contribution in [2.24, 2.45) is 5.92 Å². The van der Waals surface area contributed by atoms with E-state index in [-0.39, 0.29) is 30.8 Å². The molecule has 1 aromatic rings. The van der Waals surface area contributed by atoms with E-state index in [2.05, 4.69) is 22.9 Å². The molecule has 0 atom stereocenters. The SMILES string of the molecule is CCCC(=O)Nc1ccc(CNC(=O)CN2C(=O)NC3(CCC(C)CC3)C2=O)cc1. The zero-order valence-electron chi connectivity index (χ0n) is 17.6. The van der Waals surface area contributed by atoms with Crippen molar-refractivity contribution in [1.82, 2.24) is 15.5 Å². The fraction of sp³-hybridized carbons (Fsp3) is 0.545. The molecule has 2 fully saturated rings. The van der Waals surface area contributed by atoms with Gasteiger partial charge in [-0.05, 0) is 55.7 Å². The maximum absolute atomic E-state index is 12.8. The van der Waals surface area contributed by atoms with Crippen LogP contribution in [0.1, 0.15) is 57.9 Å². The van der Waals surface area contributed by atoms with Gasteiger partial charge in [0.15, 0.2) is 0 Å². The number of rotatable bonds is 7. The van der Waals surface area contributed by atoms with Gasteiger partial charge in [-0.25, -0.2) is 4.79 Å². The Bertz CT molecular complexity index is 813. The quantitative estimate of drug-likeness (QED) is 0.596. The zero-order valence-corrected chi connectivity index (χ0v) is 17.6. The summed E-state index contributed by atoms with van der Waals surface area (Å²) in [6, 6.07) is 6.69. The summed E-state index contributed by atoms with van der Waals surface area (Å²) < 4.78 is 0. The number of imide groups is 1. The zero-order chi connectivity index (χ0) is 21.7. The van der Waals surface area contributed by atoms with Gasteiger partial charge < -0.3 is 16.0 Å². The van der Waals surface area contributed by atoms with Crippen LogP contribution in [0.15, 0.2) is 24.3 Å². The average Bonchev–Trinajstić information content (AvgIpc) is 2.94. The molecule has 30 heavy (non-hydrogen) atoms. The van der Waals surface area contributed by atoms with Crippen molar-refractivity contribution in [3.63, 3.8) is 0 Å². The fourth-order valence-electron chi connectivity index (χ4n) is 3.97. The first-order valence-corrected chi connectivity index (χ1v) is 10.6. The predicted octanol–water partition coefficient (Wildman–Crippen LogP) is 2.54. The van der Waals surface area contributed by atoms with E-state index in [1.807, 2.05) is 19.1 Å². The van der Waals surface area contributed by atoms with E-state index in [4.69, 9.17) is 0 Å².